The first kappa shape index (κ1) is 21.1. The number of fused-ring (bicyclic) bond motifs is 4. The number of nitrogens with one attached hydrogen (secondary N) is 1. The molecule has 6 rings (SSSR count). The van der Waals surface area contributed by atoms with Crippen molar-refractivity contribution in [3.05, 3.63) is 48.3 Å². The van der Waals surface area contributed by atoms with E-state index in [1.54, 1.807) is 0 Å². The van der Waals surface area contributed by atoms with E-state index in [4.69, 9.17) is 19.1 Å². The summed E-state index contributed by atoms with van der Waals surface area (Å²) in [5.41, 5.74) is 5.30. The molecule has 174 valence electrons. The van der Waals surface area contributed by atoms with Gasteiger partial charge in [0.05, 0.1) is 18.6 Å². The van der Waals surface area contributed by atoms with Gasteiger partial charge in [-0.15, -0.1) is 0 Å². The number of morpholine rings is 1. The predicted octanol–water partition coefficient (Wildman–Crippen LogP) is 4.60. The maximum Gasteiger partial charge on any atom is 0.229 e. The van der Waals surface area contributed by atoms with E-state index in [9.17, 15) is 0 Å². The molecule has 1 saturated heterocycles. The average Bonchev–Trinajstić information content (AvgIpc) is 3.48. The van der Waals surface area contributed by atoms with Gasteiger partial charge in [-0.25, -0.2) is 15.0 Å². The number of ether oxygens (including phenoxy) is 1. The Bertz CT molecular complexity index is 1470. The number of benzene rings is 1. The molecule has 5 aromatic rings. The second-order valence-corrected chi connectivity index (χ2v) is 8.93. The summed E-state index contributed by atoms with van der Waals surface area (Å²) in [7, 11) is 2.13. The van der Waals surface area contributed by atoms with E-state index in [1.807, 2.05) is 18.5 Å². The van der Waals surface area contributed by atoms with Gasteiger partial charge in [0.1, 0.15) is 5.52 Å². The Kier molecular flexibility index (Phi) is 5.39. The third kappa shape index (κ3) is 3.69. The average molecular weight is 457 g/mol. The second-order valence-electron chi connectivity index (χ2n) is 8.93. The molecule has 34 heavy (non-hydrogen) atoms. The molecule has 0 unspecified atom stereocenters. The van der Waals surface area contributed by atoms with Crippen LogP contribution < -0.4 is 4.90 Å². The monoisotopic (exact) mass is 456 g/mol. The number of nitrogens with zero attached hydrogens (tertiary/aromatic N) is 5. The molecule has 1 aliphatic rings. The quantitative estimate of drug-likeness (QED) is 0.400. The van der Waals surface area contributed by atoms with Crippen LogP contribution in [0.1, 0.15) is 18.9 Å². The number of hydrogen-bond donors (Lipinski definition) is 1. The van der Waals surface area contributed by atoms with Crippen molar-refractivity contribution in [3.8, 4) is 11.4 Å². The third-order valence-corrected chi connectivity index (χ3v) is 6.41. The van der Waals surface area contributed by atoms with Crippen LogP contribution >= 0.6 is 0 Å². The Morgan fingerprint density at radius 2 is 2.00 bits per heavy atom. The number of pyridine rings is 1. The summed E-state index contributed by atoms with van der Waals surface area (Å²) < 4.78 is 11.9. The molecular weight excluding hydrogens is 428 g/mol. The van der Waals surface area contributed by atoms with E-state index in [0.717, 1.165) is 71.4 Å². The lowest BCUT2D eigenvalue weighted by atomic mass is 10.1. The minimum absolute atomic E-state index is 0.595. The normalized spacial score (nSPS) is 14.7. The standard InChI is InChI=1S/C26H28N6O2/c1-3-9-31(2)16-17-14-20-22-23(34-26(20)28-15-17)25(32-10-12-33-13-11-32)30-24(29-22)19-5-4-6-21-18(19)7-8-27-21/h4-8,14-15,27H,3,9-13,16H2,1-2H3. The molecule has 1 fully saturated rings. The van der Waals surface area contributed by atoms with Gasteiger partial charge in [0.25, 0.3) is 0 Å². The van der Waals surface area contributed by atoms with Crippen LogP contribution in [0.3, 0.4) is 0 Å². The Hall–Kier alpha value is -3.49. The molecule has 0 amide bonds. The van der Waals surface area contributed by atoms with Gasteiger partial charge >= 0.3 is 0 Å². The molecule has 4 aromatic heterocycles. The molecule has 1 aromatic carbocycles. The van der Waals surface area contributed by atoms with Crippen molar-refractivity contribution >= 4 is 38.9 Å². The Balaban J connectivity index is 1.56. The van der Waals surface area contributed by atoms with Crippen molar-refractivity contribution in [3.63, 3.8) is 0 Å². The van der Waals surface area contributed by atoms with Crippen LogP contribution in [-0.4, -0.2) is 64.7 Å². The van der Waals surface area contributed by atoms with Gasteiger partial charge in [-0.05, 0) is 43.8 Å². The first-order valence-electron chi connectivity index (χ1n) is 11.9. The molecule has 8 heteroatoms. The Morgan fingerprint density at radius 1 is 1.12 bits per heavy atom. The fraction of sp³-hybridized carbons (Fsp3) is 0.346. The van der Waals surface area contributed by atoms with E-state index >= 15 is 0 Å². The van der Waals surface area contributed by atoms with Crippen molar-refractivity contribution in [1.29, 1.82) is 0 Å². The van der Waals surface area contributed by atoms with Gasteiger partial charge in [0.15, 0.2) is 17.2 Å². The Morgan fingerprint density at radius 3 is 2.85 bits per heavy atom. The highest BCUT2D eigenvalue weighted by Gasteiger charge is 2.24. The fourth-order valence-electron chi connectivity index (χ4n) is 4.81. The lowest BCUT2D eigenvalue weighted by Gasteiger charge is -2.27. The summed E-state index contributed by atoms with van der Waals surface area (Å²) in [4.78, 5) is 22.5. The molecular formula is C26H28N6O2. The summed E-state index contributed by atoms with van der Waals surface area (Å²) in [5.74, 6) is 1.49. The molecule has 0 aliphatic carbocycles. The Labute approximate surface area is 197 Å². The molecule has 0 radical (unpaired) electrons. The van der Waals surface area contributed by atoms with Gasteiger partial charge in [0.2, 0.25) is 5.71 Å². The van der Waals surface area contributed by atoms with Gasteiger partial charge in [-0.2, -0.15) is 0 Å². The zero-order valence-electron chi connectivity index (χ0n) is 19.5. The summed E-state index contributed by atoms with van der Waals surface area (Å²) in [6.45, 7) is 6.92. The maximum absolute atomic E-state index is 6.27. The van der Waals surface area contributed by atoms with Gasteiger partial charge in [-0.3, -0.25) is 0 Å². The van der Waals surface area contributed by atoms with E-state index in [1.165, 1.54) is 0 Å². The van der Waals surface area contributed by atoms with E-state index in [2.05, 4.69) is 58.0 Å². The lowest BCUT2D eigenvalue weighted by molar-refractivity contribution is 0.122. The molecule has 0 bridgehead atoms. The van der Waals surface area contributed by atoms with Crippen LogP contribution in [0.4, 0.5) is 5.82 Å². The molecule has 5 heterocycles. The van der Waals surface area contributed by atoms with Crippen LogP contribution in [0.25, 0.3) is 44.5 Å². The number of H-pyrrole nitrogens is 1. The minimum atomic E-state index is 0.595. The lowest BCUT2D eigenvalue weighted by Crippen LogP contribution is -2.37. The highest BCUT2D eigenvalue weighted by atomic mass is 16.5. The third-order valence-electron chi connectivity index (χ3n) is 6.41. The number of aromatic amines is 1. The largest absolute Gasteiger partial charge is 0.432 e. The smallest absolute Gasteiger partial charge is 0.229 e. The number of hydrogen-bond acceptors (Lipinski definition) is 7. The molecule has 0 saturated carbocycles. The SMILES string of the molecule is CCCN(C)Cc1cnc2oc3c(N4CCOCC4)nc(-c4cccc5[nH]ccc45)nc3c2c1. The first-order valence-corrected chi connectivity index (χ1v) is 11.9. The van der Waals surface area contributed by atoms with Crippen LogP contribution in [0.15, 0.2) is 47.1 Å². The highest BCUT2D eigenvalue weighted by molar-refractivity contribution is 6.06. The predicted molar refractivity (Wildman–Crippen MR) is 134 cm³/mol. The summed E-state index contributed by atoms with van der Waals surface area (Å²) in [6.07, 6.45) is 4.97. The van der Waals surface area contributed by atoms with Crippen molar-refractivity contribution in [2.45, 2.75) is 19.9 Å². The maximum atomic E-state index is 6.27. The van der Waals surface area contributed by atoms with Crippen LogP contribution in [0, 0.1) is 0 Å². The molecule has 0 spiro atoms. The van der Waals surface area contributed by atoms with Crippen molar-refractivity contribution < 1.29 is 9.15 Å². The zero-order chi connectivity index (χ0) is 23.1. The number of anilines is 1. The second kappa shape index (κ2) is 8.70. The molecule has 0 atom stereocenters. The number of aromatic nitrogens is 4. The van der Waals surface area contributed by atoms with Crippen LogP contribution in [0.2, 0.25) is 0 Å². The van der Waals surface area contributed by atoms with E-state index < -0.39 is 0 Å². The summed E-state index contributed by atoms with van der Waals surface area (Å²) in [5, 5.41) is 2.03. The first-order chi connectivity index (χ1) is 16.7. The van der Waals surface area contributed by atoms with Crippen LogP contribution in [-0.2, 0) is 11.3 Å². The molecule has 1 N–H and O–H groups in total. The van der Waals surface area contributed by atoms with Crippen LogP contribution in [0.5, 0.6) is 0 Å². The van der Waals surface area contributed by atoms with Gasteiger partial charge < -0.3 is 23.9 Å². The van der Waals surface area contributed by atoms with Crippen molar-refractivity contribution in [2.24, 2.45) is 0 Å². The summed E-state index contributed by atoms with van der Waals surface area (Å²) in [6, 6.07) is 10.4. The zero-order valence-corrected chi connectivity index (χ0v) is 19.5. The van der Waals surface area contributed by atoms with Crippen molar-refractivity contribution in [2.75, 3.05) is 44.8 Å². The van der Waals surface area contributed by atoms with E-state index in [0.29, 0.717) is 30.3 Å². The van der Waals surface area contributed by atoms with Crippen molar-refractivity contribution in [1.82, 2.24) is 24.8 Å². The molecule has 8 nitrogen and oxygen atoms in total. The number of rotatable bonds is 6. The summed E-state index contributed by atoms with van der Waals surface area (Å²) >= 11 is 0. The fourth-order valence-corrected chi connectivity index (χ4v) is 4.81. The highest BCUT2D eigenvalue weighted by Crippen LogP contribution is 2.36. The van der Waals surface area contributed by atoms with Gasteiger partial charge in [0, 0.05) is 48.5 Å². The topological polar surface area (TPSA) is 83.3 Å². The minimum Gasteiger partial charge on any atom is -0.432 e. The van der Waals surface area contributed by atoms with Gasteiger partial charge in [-0.1, -0.05) is 19.1 Å². The molecule has 1 aliphatic heterocycles. The number of furan rings is 1. The van der Waals surface area contributed by atoms with E-state index in [-0.39, 0.29) is 0 Å².